The number of nitrogens with zero attached hydrogens (tertiary/aromatic N) is 1. The Labute approximate surface area is 206 Å². The Morgan fingerprint density at radius 3 is 2.23 bits per heavy atom. The number of hydrogen-bond donors (Lipinski definition) is 1. The first-order valence-corrected chi connectivity index (χ1v) is 12.2. The van der Waals surface area contributed by atoms with Gasteiger partial charge in [0.15, 0.2) is 6.61 Å². The van der Waals surface area contributed by atoms with Crippen LogP contribution in [0.2, 0.25) is 0 Å². The topological polar surface area (TPSA) is 94.2 Å². The van der Waals surface area contributed by atoms with E-state index in [4.69, 9.17) is 14.2 Å². The quantitative estimate of drug-likeness (QED) is 0.403. The van der Waals surface area contributed by atoms with E-state index in [9.17, 15) is 14.4 Å². The average Bonchev–Trinajstić information content (AvgIpc) is 2.88. The van der Waals surface area contributed by atoms with Gasteiger partial charge in [0.1, 0.15) is 11.5 Å². The number of likely N-dealkylation sites (tertiary alicyclic amines) is 1. The molecule has 1 saturated heterocycles. The van der Waals surface area contributed by atoms with Gasteiger partial charge < -0.3 is 24.4 Å². The van der Waals surface area contributed by atoms with E-state index in [1.165, 1.54) is 5.56 Å². The number of carbonyl (C=O) groups excluding carboxylic acids is 3. The molecular formula is C27H34N2O6. The second-order valence-electron chi connectivity index (χ2n) is 8.53. The molecule has 0 aromatic heterocycles. The van der Waals surface area contributed by atoms with E-state index < -0.39 is 6.16 Å². The summed E-state index contributed by atoms with van der Waals surface area (Å²) >= 11 is 0. The van der Waals surface area contributed by atoms with E-state index in [0.717, 1.165) is 25.7 Å². The van der Waals surface area contributed by atoms with Gasteiger partial charge in [-0.3, -0.25) is 9.59 Å². The first-order valence-electron chi connectivity index (χ1n) is 12.2. The highest BCUT2D eigenvalue weighted by Crippen LogP contribution is 2.18. The standard InChI is InChI=1S/C27H34N2O6/c1-3-5-20-6-10-23(11-7-20)34-19-25(30)29-16-14-21(15-17-29)18-28-26(31)22-8-12-24(13-9-22)35-27(32)33-4-2/h6-13,21H,3-5,14-19H2,1-2H3,(H,28,31). The van der Waals surface area contributed by atoms with Crippen molar-refractivity contribution in [3.8, 4) is 11.5 Å². The summed E-state index contributed by atoms with van der Waals surface area (Å²) in [6.45, 7) is 5.95. The van der Waals surface area contributed by atoms with Crippen LogP contribution in [0.15, 0.2) is 48.5 Å². The second kappa shape index (κ2) is 13.4. The van der Waals surface area contributed by atoms with Gasteiger partial charge in [0.2, 0.25) is 0 Å². The van der Waals surface area contributed by atoms with Crippen molar-refractivity contribution in [2.24, 2.45) is 5.92 Å². The van der Waals surface area contributed by atoms with Crippen LogP contribution in [0.5, 0.6) is 11.5 Å². The zero-order valence-electron chi connectivity index (χ0n) is 20.5. The minimum absolute atomic E-state index is 0.0183. The number of carbonyl (C=O) groups is 3. The van der Waals surface area contributed by atoms with Crippen molar-refractivity contribution in [1.82, 2.24) is 10.2 Å². The van der Waals surface area contributed by atoms with Gasteiger partial charge in [-0.2, -0.15) is 0 Å². The highest BCUT2D eigenvalue weighted by atomic mass is 16.7. The lowest BCUT2D eigenvalue weighted by Crippen LogP contribution is -2.43. The van der Waals surface area contributed by atoms with Crippen LogP contribution in [0.4, 0.5) is 4.79 Å². The van der Waals surface area contributed by atoms with Gasteiger partial charge in [0.05, 0.1) is 6.61 Å². The van der Waals surface area contributed by atoms with Crippen LogP contribution in [-0.4, -0.2) is 55.7 Å². The molecule has 1 aliphatic heterocycles. The van der Waals surface area contributed by atoms with Gasteiger partial charge in [0.25, 0.3) is 11.8 Å². The van der Waals surface area contributed by atoms with E-state index in [0.29, 0.717) is 42.6 Å². The summed E-state index contributed by atoms with van der Waals surface area (Å²) in [5, 5.41) is 2.95. The van der Waals surface area contributed by atoms with Gasteiger partial charge in [0, 0.05) is 25.2 Å². The van der Waals surface area contributed by atoms with Crippen molar-refractivity contribution >= 4 is 18.0 Å². The lowest BCUT2D eigenvalue weighted by Gasteiger charge is -2.32. The molecule has 1 heterocycles. The van der Waals surface area contributed by atoms with Crippen molar-refractivity contribution in [2.45, 2.75) is 39.5 Å². The predicted octanol–water partition coefficient (Wildman–Crippen LogP) is 4.22. The van der Waals surface area contributed by atoms with E-state index in [1.54, 1.807) is 31.2 Å². The number of aryl methyl sites for hydroxylation is 1. The predicted molar refractivity (Wildman–Crippen MR) is 132 cm³/mol. The molecule has 8 heteroatoms. The summed E-state index contributed by atoms with van der Waals surface area (Å²) in [4.78, 5) is 38.1. The summed E-state index contributed by atoms with van der Waals surface area (Å²) in [6.07, 6.45) is 3.00. The number of benzene rings is 2. The number of piperidine rings is 1. The van der Waals surface area contributed by atoms with E-state index >= 15 is 0 Å². The van der Waals surface area contributed by atoms with E-state index in [1.807, 2.05) is 29.2 Å². The largest absolute Gasteiger partial charge is 0.513 e. The molecule has 0 radical (unpaired) electrons. The Balaban J connectivity index is 1.35. The molecule has 0 unspecified atom stereocenters. The third-order valence-electron chi connectivity index (χ3n) is 5.92. The summed E-state index contributed by atoms with van der Waals surface area (Å²) < 4.78 is 15.4. The molecule has 188 valence electrons. The summed E-state index contributed by atoms with van der Waals surface area (Å²) in [6, 6.07) is 14.2. The molecule has 0 atom stereocenters. The van der Waals surface area contributed by atoms with Gasteiger partial charge in [-0.25, -0.2) is 4.79 Å². The Morgan fingerprint density at radius 2 is 1.60 bits per heavy atom. The molecule has 0 aliphatic carbocycles. The maximum Gasteiger partial charge on any atom is 0.513 e. The van der Waals surface area contributed by atoms with Crippen LogP contribution < -0.4 is 14.8 Å². The lowest BCUT2D eigenvalue weighted by atomic mass is 9.96. The molecule has 1 N–H and O–H groups in total. The van der Waals surface area contributed by atoms with Crippen molar-refractivity contribution < 1.29 is 28.6 Å². The van der Waals surface area contributed by atoms with Gasteiger partial charge >= 0.3 is 6.16 Å². The summed E-state index contributed by atoms with van der Waals surface area (Å²) in [7, 11) is 0. The molecule has 0 bridgehead atoms. The normalized spacial score (nSPS) is 13.7. The molecule has 0 spiro atoms. The lowest BCUT2D eigenvalue weighted by molar-refractivity contribution is -0.134. The average molecular weight is 483 g/mol. The second-order valence-corrected chi connectivity index (χ2v) is 8.53. The highest BCUT2D eigenvalue weighted by Gasteiger charge is 2.23. The van der Waals surface area contributed by atoms with Gasteiger partial charge in [-0.05, 0) is 74.1 Å². The molecule has 2 aromatic carbocycles. The molecule has 8 nitrogen and oxygen atoms in total. The molecule has 2 amide bonds. The van der Waals surface area contributed by atoms with Crippen molar-refractivity contribution in [3.05, 3.63) is 59.7 Å². The molecule has 1 aliphatic rings. The fourth-order valence-corrected chi connectivity index (χ4v) is 3.92. The van der Waals surface area contributed by atoms with Crippen LogP contribution in [0.3, 0.4) is 0 Å². The minimum Gasteiger partial charge on any atom is -0.484 e. The fraction of sp³-hybridized carbons (Fsp3) is 0.444. The Bertz CT molecular complexity index is 966. The van der Waals surface area contributed by atoms with Crippen molar-refractivity contribution in [1.29, 1.82) is 0 Å². The van der Waals surface area contributed by atoms with Gasteiger partial charge in [-0.15, -0.1) is 0 Å². The molecule has 35 heavy (non-hydrogen) atoms. The summed E-state index contributed by atoms with van der Waals surface area (Å²) in [5.41, 5.74) is 1.74. The van der Waals surface area contributed by atoms with Gasteiger partial charge in [-0.1, -0.05) is 25.5 Å². The smallest absolute Gasteiger partial charge is 0.484 e. The van der Waals surface area contributed by atoms with Crippen LogP contribution >= 0.6 is 0 Å². The number of nitrogens with one attached hydrogen (secondary N) is 1. The number of rotatable bonds is 10. The monoisotopic (exact) mass is 482 g/mol. The molecule has 0 saturated carbocycles. The molecule has 2 aromatic rings. The third kappa shape index (κ3) is 8.31. The third-order valence-corrected chi connectivity index (χ3v) is 5.92. The molecular weight excluding hydrogens is 448 g/mol. The first-order chi connectivity index (χ1) is 17.0. The minimum atomic E-state index is -0.776. The SMILES string of the molecule is CCCc1ccc(OCC(=O)N2CCC(CNC(=O)c3ccc(OC(=O)OCC)cc3)CC2)cc1. The number of ether oxygens (including phenoxy) is 3. The Morgan fingerprint density at radius 1 is 0.943 bits per heavy atom. The van der Waals surface area contributed by atoms with Crippen LogP contribution in [0, 0.1) is 5.92 Å². The van der Waals surface area contributed by atoms with Crippen LogP contribution in [0.25, 0.3) is 0 Å². The van der Waals surface area contributed by atoms with Crippen molar-refractivity contribution in [3.63, 3.8) is 0 Å². The summed E-state index contributed by atoms with van der Waals surface area (Å²) in [5.74, 6) is 1.12. The Hall–Kier alpha value is -3.55. The maximum absolute atomic E-state index is 12.5. The zero-order chi connectivity index (χ0) is 25.0. The zero-order valence-corrected chi connectivity index (χ0v) is 20.5. The first kappa shape index (κ1) is 26.1. The Kier molecular flexibility index (Phi) is 9.95. The maximum atomic E-state index is 12.5. The fourth-order valence-electron chi connectivity index (χ4n) is 3.92. The van der Waals surface area contributed by atoms with E-state index in [2.05, 4.69) is 12.2 Å². The number of amides is 2. The molecule has 1 fully saturated rings. The molecule has 3 rings (SSSR count). The van der Waals surface area contributed by atoms with Crippen LogP contribution in [-0.2, 0) is 16.0 Å². The number of hydrogen-bond acceptors (Lipinski definition) is 6. The highest BCUT2D eigenvalue weighted by molar-refractivity contribution is 5.94. The van der Waals surface area contributed by atoms with E-state index in [-0.39, 0.29) is 25.0 Å². The van der Waals surface area contributed by atoms with Crippen LogP contribution in [0.1, 0.15) is 49.0 Å². The van der Waals surface area contributed by atoms with Crippen molar-refractivity contribution in [2.75, 3.05) is 32.8 Å².